The number of carbonyl (C=O) groups is 2. The number of H-pyrrole nitrogens is 1. The summed E-state index contributed by atoms with van der Waals surface area (Å²) in [6.07, 6.45) is 4.59. The van der Waals surface area contributed by atoms with Gasteiger partial charge < -0.3 is 24.3 Å². The van der Waals surface area contributed by atoms with Crippen LogP contribution in [0, 0.1) is 22.2 Å². The van der Waals surface area contributed by atoms with E-state index < -0.39 is 5.91 Å². The van der Waals surface area contributed by atoms with Gasteiger partial charge in [0.15, 0.2) is 0 Å². The van der Waals surface area contributed by atoms with Crippen LogP contribution in [0.25, 0.3) is 21.7 Å². The number of aromatic amines is 1. The highest BCUT2D eigenvalue weighted by Crippen LogP contribution is 2.27. The fourth-order valence-electron chi connectivity index (χ4n) is 5.42. The fraction of sp³-hybridized carbons (Fsp3) is 0.471. The third-order valence-corrected chi connectivity index (χ3v) is 9.40. The molecule has 46 heavy (non-hydrogen) atoms. The number of benzene rings is 1. The second-order valence-electron chi connectivity index (χ2n) is 14.0. The molecule has 5 rings (SSSR count). The van der Waals surface area contributed by atoms with Crippen molar-refractivity contribution in [2.24, 2.45) is 15.8 Å². The monoisotopic (exact) mass is 642 g/mol. The molecular formula is C34H42N8O3S. The average molecular weight is 643 g/mol. The molecule has 4 heterocycles. The number of nitriles is 1. The maximum atomic E-state index is 13.6. The number of imidazole rings is 1. The van der Waals surface area contributed by atoms with E-state index in [0.29, 0.717) is 46.9 Å². The maximum absolute atomic E-state index is 13.6. The normalized spacial score (nSPS) is 17.1. The molecule has 1 aliphatic rings. The second-order valence-corrected chi connectivity index (χ2v) is 15.1. The Morgan fingerprint density at radius 2 is 2.02 bits per heavy atom. The number of hydrogen-bond acceptors (Lipinski definition) is 8. The zero-order valence-corrected chi connectivity index (χ0v) is 28.4. The van der Waals surface area contributed by atoms with Crippen LogP contribution in [0.4, 0.5) is 0 Å². The minimum atomic E-state index is -0.403. The summed E-state index contributed by atoms with van der Waals surface area (Å²) in [7, 11) is 0. The molecule has 0 aliphatic carbocycles. The minimum absolute atomic E-state index is 0.120. The molecule has 0 unspecified atom stereocenters. The zero-order chi connectivity index (χ0) is 33.2. The fourth-order valence-corrected chi connectivity index (χ4v) is 6.24. The van der Waals surface area contributed by atoms with E-state index in [1.807, 2.05) is 31.4 Å². The number of allylic oxidation sites excluding steroid dienone is 1. The predicted molar refractivity (Wildman–Crippen MR) is 177 cm³/mol. The Kier molecular flexibility index (Phi) is 9.47. The van der Waals surface area contributed by atoms with E-state index in [4.69, 9.17) is 4.52 Å². The third kappa shape index (κ3) is 7.54. The first-order valence-corrected chi connectivity index (χ1v) is 16.4. The van der Waals surface area contributed by atoms with Gasteiger partial charge in [0.1, 0.15) is 11.6 Å². The summed E-state index contributed by atoms with van der Waals surface area (Å²) in [6, 6.07) is 11.9. The summed E-state index contributed by atoms with van der Waals surface area (Å²) in [6.45, 7) is 16.4. The quantitative estimate of drug-likeness (QED) is 0.182. The van der Waals surface area contributed by atoms with Crippen molar-refractivity contribution in [3.05, 3.63) is 64.4 Å². The Morgan fingerprint density at radius 3 is 2.70 bits per heavy atom. The van der Waals surface area contributed by atoms with Gasteiger partial charge in [0.2, 0.25) is 17.8 Å². The van der Waals surface area contributed by atoms with Crippen molar-refractivity contribution in [3.8, 4) is 16.8 Å². The molecule has 0 bridgehead atoms. The SMILES string of the molecule is C[C@H](NCc1ccc2c(c1)[nH]/c(=N\C(=O)c1ccc(-c3ncon3)s1)n2C[C@H]1CCCN1C(=O)/C(C#N)=C/C(C)(C)C)C(C)(C)C. The molecule has 1 aliphatic heterocycles. The molecular weight excluding hydrogens is 600 g/mol. The number of nitrogens with one attached hydrogen (secondary N) is 2. The summed E-state index contributed by atoms with van der Waals surface area (Å²) >= 11 is 1.24. The van der Waals surface area contributed by atoms with Crippen molar-refractivity contribution in [2.75, 3.05) is 6.54 Å². The van der Waals surface area contributed by atoms with Crippen molar-refractivity contribution in [2.45, 2.75) is 86.5 Å². The predicted octanol–water partition coefficient (Wildman–Crippen LogP) is 5.83. The van der Waals surface area contributed by atoms with Crippen molar-refractivity contribution in [1.82, 2.24) is 29.9 Å². The van der Waals surface area contributed by atoms with Crippen LogP contribution in [0.3, 0.4) is 0 Å². The summed E-state index contributed by atoms with van der Waals surface area (Å²) in [5, 5.41) is 17.3. The summed E-state index contributed by atoms with van der Waals surface area (Å²) < 4.78 is 6.83. The highest BCUT2D eigenvalue weighted by atomic mass is 32.1. The molecule has 1 fully saturated rings. The van der Waals surface area contributed by atoms with Gasteiger partial charge >= 0.3 is 0 Å². The Labute approximate surface area is 273 Å². The molecule has 2 amide bonds. The number of amides is 2. The highest BCUT2D eigenvalue weighted by molar-refractivity contribution is 7.17. The van der Waals surface area contributed by atoms with E-state index in [0.717, 1.165) is 29.4 Å². The van der Waals surface area contributed by atoms with Gasteiger partial charge in [-0.3, -0.25) is 9.59 Å². The van der Waals surface area contributed by atoms with Gasteiger partial charge in [-0.15, -0.1) is 11.3 Å². The maximum Gasteiger partial charge on any atom is 0.290 e. The molecule has 2 atom stereocenters. The van der Waals surface area contributed by atoms with Crippen LogP contribution < -0.4 is 10.9 Å². The van der Waals surface area contributed by atoms with Gasteiger partial charge in [0, 0.05) is 25.7 Å². The first-order valence-electron chi connectivity index (χ1n) is 15.6. The van der Waals surface area contributed by atoms with Crippen LogP contribution in [-0.4, -0.2) is 55.0 Å². The van der Waals surface area contributed by atoms with Crippen molar-refractivity contribution < 1.29 is 14.1 Å². The minimum Gasteiger partial charge on any atom is -0.342 e. The molecule has 12 heteroatoms. The van der Waals surface area contributed by atoms with E-state index in [1.54, 1.807) is 23.1 Å². The summed E-state index contributed by atoms with van der Waals surface area (Å²) in [5.41, 5.74) is 3.18. The van der Waals surface area contributed by atoms with E-state index in [1.165, 1.54) is 17.7 Å². The van der Waals surface area contributed by atoms with Gasteiger partial charge in [0.25, 0.3) is 11.8 Å². The van der Waals surface area contributed by atoms with Crippen LogP contribution in [0.1, 0.15) is 76.5 Å². The van der Waals surface area contributed by atoms with Crippen LogP contribution in [0.2, 0.25) is 0 Å². The third-order valence-electron chi connectivity index (χ3n) is 8.33. The van der Waals surface area contributed by atoms with Crippen molar-refractivity contribution >= 4 is 34.2 Å². The summed E-state index contributed by atoms with van der Waals surface area (Å²) in [4.78, 5) is 42.0. The molecule has 11 nitrogen and oxygen atoms in total. The lowest BCUT2D eigenvalue weighted by atomic mass is 9.88. The number of nitrogens with zero attached hydrogens (tertiary/aromatic N) is 6. The summed E-state index contributed by atoms with van der Waals surface area (Å²) in [5.74, 6) is -0.251. The van der Waals surface area contributed by atoms with Crippen LogP contribution in [-0.2, 0) is 17.9 Å². The molecule has 0 spiro atoms. The first-order chi connectivity index (χ1) is 21.7. The van der Waals surface area contributed by atoms with Gasteiger partial charge in [-0.25, -0.2) is 0 Å². The topological polar surface area (TPSA) is 145 Å². The van der Waals surface area contributed by atoms with E-state index >= 15 is 0 Å². The van der Waals surface area contributed by atoms with Crippen molar-refractivity contribution in [3.63, 3.8) is 0 Å². The molecule has 3 aromatic heterocycles. The van der Waals surface area contributed by atoms with Crippen LogP contribution >= 0.6 is 11.3 Å². The molecule has 4 aromatic rings. The van der Waals surface area contributed by atoms with Gasteiger partial charge in [0.05, 0.1) is 26.8 Å². The lowest BCUT2D eigenvalue weighted by Gasteiger charge is -2.28. The molecule has 0 saturated carbocycles. The molecule has 1 saturated heterocycles. The number of carbonyl (C=O) groups excluding carboxylic acids is 2. The van der Waals surface area contributed by atoms with Gasteiger partial charge in [-0.2, -0.15) is 15.2 Å². The molecule has 2 N–H and O–H groups in total. The largest absolute Gasteiger partial charge is 0.342 e. The van der Waals surface area contributed by atoms with Crippen LogP contribution in [0.15, 0.2) is 57.9 Å². The van der Waals surface area contributed by atoms with Crippen molar-refractivity contribution in [1.29, 1.82) is 5.26 Å². The first kappa shape index (κ1) is 33.0. The lowest BCUT2D eigenvalue weighted by Crippen LogP contribution is -2.40. The average Bonchev–Trinajstić information content (AvgIpc) is 3.80. The Bertz CT molecular complexity index is 1860. The Balaban J connectivity index is 1.50. The van der Waals surface area contributed by atoms with E-state index in [9.17, 15) is 14.9 Å². The number of likely N-dealkylation sites (tertiary alicyclic amines) is 1. The Morgan fingerprint density at radius 1 is 1.24 bits per heavy atom. The lowest BCUT2D eigenvalue weighted by molar-refractivity contribution is -0.127. The molecule has 242 valence electrons. The second kappa shape index (κ2) is 13.2. The number of rotatable bonds is 8. The van der Waals surface area contributed by atoms with Gasteiger partial charge in [-0.05, 0) is 60.4 Å². The van der Waals surface area contributed by atoms with Crippen LogP contribution in [0.5, 0.6) is 0 Å². The molecule has 1 aromatic carbocycles. The zero-order valence-electron chi connectivity index (χ0n) is 27.5. The Hall–Kier alpha value is -4.34. The number of hydrogen-bond donors (Lipinski definition) is 2. The van der Waals surface area contributed by atoms with Gasteiger partial charge in [-0.1, -0.05) is 58.8 Å². The standard InChI is InChI=1S/C34H42N8O3S/c1-21(34(5,6)7)36-18-22-10-11-26-25(15-22)38-32(39-30(43)28-13-12-27(46-28)29-37-20-45-40-29)42(26)19-24-9-8-14-41(24)31(44)23(17-35)16-33(2,3)4/h10-13,15-16,20-21,24,36H,8-9,14,18-19H2,1-7H3,(H,38,39,43)/b23-16+/t21-,24+/m0/s1. The number of fused-ring (bicyclic) bond motifs is 1. The highest BCUT2D eigenvalue weighted by Gasteiger charge is 2.32. The molecule has 0 radical (unpaired) electrons. The number of aromatic nitrogens is 4. The number of thiophene rings is 1. The smallest absolute Gasteiger partial charge is 0.290 e. The van der Waals surface area contributed by atoms with E-state index in [2.05, 4.69) is 71.3 Å². The van der Waals surface area contributed by atoms with E-state index in [-0.39, 0.29) is 28.4 Å².